The third-order valence-corrected chi connectivity index (χ3v) is 3.48. The Hall–Kier alpha value is -2.76. The van der Waals surface area contributed by atoms with E-state index < -0.39 is 6.04 Å². The third-order valence-electron chi connectivity index (χ3n) is 3.48. The summed E-state index contributed by atoms with van der Waals surface area (Å²) < 4.78 is 10.3. The Balaban J connectivity index is 1.60. The van der Waals surface area contributed by atoms with Gasteiger partial charge in [0.1, 0.15) is 18.1 Å². The van der Waals surface area contributed by atoms with Crippen LogP contribution >= 0.6 is 0 Å². The highest BCUT2D eigenvalue weighted by atomic mass is 16.5. The number of rotatable bonds is 4. The summed E-state index contributed by atoms with van der Waals surface area (Å²) in [4.78, 5) is 24.0. The van der Waals surface area contributed by atoms with Crippen LogP contribution in [0.2, 0.25) is 0 Å². The molecule has 1 aliphatic rings. The van der Waals surface area contributed by atoms with E-state index in [4.69, 9.17) is 9.15 Å². The molecule has 22 heavy (non-hydrogen) atoms. The van der Waals surface area contributed by atoms with Crippen LogP contribution in [0.1, 0.15) is 22.8 Å². The number of furan rings is 1. The lowest BCUT2D eigenvalue weighted by atomic mass is 10.1. The summed E-state index contributed by atoms with van der Waals surface area (Å²) in [6.07, 6.45) is 3.58. The molecule has 1 aliphatic heterocycles. The molecule has 0 bridgehead atoms. The van der Waals surface area contributed by atoms with Crippen molar-refractivity contribution in [3.63, 3.8) is 0 Å². The van der Waals surface area contributed by atoms with Gasteiger partial charge in [-0.05, 0) is 36.8 Å². The van der Waals surface area contributed by atoms with Crippen LogP contribution in [0.25, 0.3) is 0 Å². The van der Waals surface area contributed by atoms with E-state index in [1.807, 2.05) is 12.1 Å². The molecule has 3 rings (SSSR count). The van der Waals surface area contributed by atoms with Gasteiger partial charge in [-0.15, -0.1) is 0 Å². The maximum absolute atomic E-state index is 12.1. The van der Waals surface area contributed by atoms with Gasteiger partial charge in [-0.3, -0.25) is 9.59 Å². The zero-order valence-corrected chi connectivity index (χ0v) is 12.1. The fourth-order valence-electron chi connectivity index (χ4n) is 2.25. The standard InChI is InChI=1S/C16H16N2O4/c1-10(17-16(20)12-4-6-21-9-12)15(19)18-13-2-3-14-11(8-13)5-7-22-14/h2-4,6,8-10H,5,7H2,1H3,(H,17,20)(H,18,19)/t10-/m1/s1. The molecule has 0 radical (unpaired) electrons. The van der Waals surface area contributed by atoms with Crippen LogP contribution < -0.4 is 15.4 Å². The predicted octanol–water partition coefficient (Wildman–Crippen LogP) is 1.97. The van der Waals surface area contributed by atoms with Gasteiger partial charge in [0, 0.05) is 12.1 Å². The average Bonchev–Trinajstić information content (AvgIpc) is 3.18. The number of hydrogen-bond acceptors (Lipinski definition) is 4. The molecule has 0 unspecified atom stereocenters. The van der Waals surface area contributed by atoms with Crippen LogP contribution in [0.15, 0.2) is 41.2 Å². The predicted molar refractivity (Wildman–Crippen MR) is 79.9 cm³/mol. The molecule has 1 aromatic heterocycles. The van der Waals surface area contributed by atoms with E-state index >= 15 is 0 Å². The van der Waals surface area contributed by atoms with E-state index in [2.05, 4.69) is 10.6 Å². The van der Waals surface area contributed by atoms with E-state index in [1.165, 1.54) is 12.5 Å². The second-order valence-corrected chi connectivity index (χ2v) is 5.12. The van der Waals surface area contributed by atoms with E-state index in [0.717, 1.165) is 17.7 Å². The molecule has 2 amide bonds. The van der Waals surface area contributed by atoms with Gasteiger partial charge >= 0.3 is 0 Å². The van der Waals surface area contributed by atoms with Crippen LogP contribution in [0.3, 0.4) is 0 Å². The highest BCUT2D eigenvalue weighted by Gasteiger charge is 2.18. The highest BCUT2D eigenvalue weighted by Crippen LogP contribution is 2.27. The van der Waals surface area contributed by atoms with Gasteiger partial charge in [0.15, 0.2) is 0 Å². The number of carbonyl (C=O) groups excluding carboxylic acids is 2. The van der Waals surface area contributed by atoms with Gasteiger partial charge in [0.2, 0.25) is 5.91 Å². The van der Waals surface area contributed by atoms with E-state index in [1.54, 1.807) is 19.1 Å². The third kappa shape index (κ3) is 2.95. The molecule has 0 saturated heterocycles. The number of hydrogen-bond donors (Lipinski definition) is 2. The number of benzene rings is 1. The Kier molecular flexibility index (Phi) is 3.82. The lowest BCUT2D eigenvalue weighted by Crippen LogP contribution is -2.41. The molecule has 1 atom stereocenters. The fraction of sp³-hybridized carbons (Fsp3) is 0.250. The maximum Gasteiger partial charge on any atom is 0.255 e. The minimum Gasteiger partial charge on any atom is -0.493 e. The Morgan fingerprint density at radius 1 is 1.27 bits per heavy atom. The normalized spacial score (nSPS) is 13.9. The SMILES string of the molecule is C[C@@H](NC(=O)c1ccoc1)C(=O)Nc1ccc2c(c1)CCO2. The van der Waals surface area contributed by atoms with Crippen molar-refractivity contribution in [3.8, 4) is 5.75 Å². The lowest BCUT2D eigenvalue weighted by Gasteiger charge is -2.14. The van der Waals surface area contributed by atoms with Gasteiger partial charge in [0.05, 0.1) is 18.4 Å². The Morgan fingerprint density at radius 2 is 2.14 bits per heavy atom. The Morgan fingerprint density at radius 3 is 2.91 bits per heavy atom. The molecule has 6 heteroatoms. The first-order valence-corrected chi connectivity index (χ1v) is 7.03. The smallest absolute Gasteiger partial charge is 0.255 e. The first kappa shape index (κ1) is 14.2. The Bertz CT molecular complexity index is 694. The summed E-state index contributed by atoms with van der Waals surface area (Å²) >= 11 is 0. The van der Waals surface area contributed by atoms with Gasteiger partial charge < -0.3 is 19.8 Å². The zero-order chi connectivity index (χ0) is 15.5. The molecule has 1 aromatic carbocycles. The molecule has 0 aliphatic carbocycles. The summed E-state index contributed by atoms with van der Waals surface area (Å²) in [5.41, 5.74) is 2.15. The second-order valence-electron chi connectivity index (χ2n) is 5.12. The number of ether oxygens (including phenoxy) is 1. The van der Waals surface area contributed by atoms with Crippen LogP contribution in [-0.4, -0.2) is 24.5 Å². The number of amides is 2. The lowest BCUT2D eigenvalue weighted by molar-refractivity contribution is -0.117. The van der Waals surface area contributed by atoms with Crippen LogP contribution in [0.5, 0.6) is 5.75 Å². The topological polar surface area (TPSA) is 80.6 Å². The second kappa shape index (κ2) is 5.93. The number of anilines is 1. The van der Waals surface area contributed by atoms with E-state index in [0.29, 0.717) is 17.9 Å². The van der Waals surface area contributed by atoms with Gasteiger partial charge in [-0.25, -0.2) is 0 Å². The fourth-order valence-corrected chi connectivity index (χ4v) is 2.25. The van der Waals surface area contributed by atoms with Crippen molar-refractivity contribution < 1.29 is 18.7 Å². The number of carbonyl (C=O) groups is 2. The van der Waals surface area contributed by atoms with Crippen LogP contribution in [0.4, 0.5) is 5.69 Å². The number of fused-ring (bicyclic) bond motifs is 1. The first-order chi connectivity index (χ1) is 10.6. The van der Waals surface area contributed by atoms with Crippen molar-refractivity contribution in [3.05, 3.63) is 47.9 Å². The van der Waals surface area contributed by atoms with Crippen molar-refractivity contribution in [1.29, 1.82) is 0 Å². The summed E-state index contributed by atoms with van der Waals surface area (Å²) in [5, 5.41) is 5.41. The van der Waals surface area contributed by atoms with Crippen LogP contribution in [-0.2, 0) is 11.2 Å². The average molecular weight is 300 g/mol. The van der Waals surface area contributed by atoms with Crippen LogP contribution in [0, 0.1) is 0 Å². The minimum absolute atomic E-state index is 0.282. The molecule has 114 valence electrons. The molecule has 0 spiro atoms. The molecule has 2 heterocycles. The summed E-state index contributed by atoms with van der Waals surface area (Å²) in [6, 6.07) is 6.40. The maximum atomic E-state index is 12.1. The highest BCUT2D eigenvalue weighted by molar-refractivity contribution is 6.00. The van der Waals surface area contributed by atoms with Gasteiger partial charge in [-0.1, -0.05) is 0 Å². The van der Waals surface area contributed by atoms with Crippen molar-refractivity contribution in [2.75, 3.05) is 11.9 Å². The molecule has 0 saturated carbocycles. The Labute approximate surface area is 127 Å². The first-order valence-electron chi connectivity index (χ1n) is 7.03. The quantitative estimate of drug-likeness (QED) is 0.904. The largest absolute Gasteiger partial charge is 0.493 e. The van der Waals surface area contributed by atoms with Crippen molar-refractivity contribution in [2.45, 2.75) is 19.4 Å². The van der Waals surface area contributed by atoms with Crippen molar-refractivity contribution in [2.24, 2.45) is 0 Å². The molecule has 6 nitrogen and oxygen atoms in total. The zero-order valence-electron chi connectivity index (χ0n) is 12.1. The van der Waals surface area contributed by atoms with Gasteiger partial charge in [0.25, 0.3) is 5.91 Å². The van der Waals surface area contributed by atoms with Crippen molar-refractivity contribution >= 4 is 17.5 Å². The summed E-state index contributed by atoms with van der Waals surface area (Å²) in [6.45, 7) is 2.30. The number of nitrogens with one attached hydrogen (secondary N) is 2. The molecule has 2 aromatic rings. The molecule has 2 N–H and O–H groups in total. The van der Waals surface area contributed by atoms with E-state index in [-0.39, 0.29) is 11.8 Å². The minimum atomic E-state index is -0.660. The summed E-state index contributed by atoms with van der Waals surface area (Å²) in [7, 11) is 0. The summed E-state index contributed by atoms with van der Waals surface area (Å²) in [5.74, 6) is 0.230. The van der Waals surface area contributed by atoms with Crippen molar-refractivity contribution in [1.82, 2.24) is 5.32 Å². The molecular weight excluding hydrogens is 284 g/mol. The van der Waals surface area contributed by atoms with E-state index in [9.17, 15) is 9.59 Å². The molecular formula is C16H16N2O4. The molecule has 0 fully saturated rings. The monoisotopic (exact) mass is 300 g/mol. The van der Waals surface area contributed by atoms with Gasteiger partial charge in [-0.2, -0.15) is 0 Å².